The van der Waals surface area contributed by atoms with Gasteiger partial charge in [-0.15, -0.1) is 0 Å². The van der Waals surface area contributed by atoms with Gasteiger partial charge in [0.2, 0.25) is 0 Å². The maximum atomic E-state index is 5.99. The van der Waals surface area contributed by atoms with E-state index < -0.39 is 0 Å². The van der Waals surface area contributed by atoms with Crippen LogP contribution in [-0.4, -0.2) is 25.2 Å². The SMILES string of the molecule is COC1(CN=C(N)Nc2cccc(Oc3ccccc3)c2)CCC1. The summed E-state index contributed by atoms with van der Waals surface area (Å²) in [5.74, 6) is 1.92. The third-order valence-electron chi connectivity index (χ3n) is 4.32. The highest BCUT2D eigenvalue weighted by atomic mass is 16.5. The van der Waals surface area contributed by atoms with Crippen molar-refractivity contribution in [2.75, 3.05) is 19.0 Å². The lowest BCUT2D eigenvalue weighted by Gasteiger charge is -2.39. The second kappa shape index (κ2) is 7.36. The van der Waals surface area contributed by atoms with E-state index in [4.69, 9.17) is 15.2 Å². The molecule has 5 nitrogen and oxygen atoms in total. The smallest absolute Gasteiger partial charge is 0.193 e. The van der Waals surface area contributed by atoms with E-state index in [9.17, 15) is 0 Å². The van der Waals surface area contributed by atoms with Crippen molar-refractivity contribution in [2.24, 2.45) is 10.7 Å². The van der Waals surface area contributed by atoms with Gasteiger partial charge in [0.1, 0.15) is 11.5 Å². The zero-order valence-corrected chi connectivity index (χ0v) is 13.9. The molecule has 0 aliphatic heterocycles. The molecule has 24 heavy (non-hydrogen) atoms. The topological polar surface area (TPSA) is 68.9 Å². The van der Waals surface area contributed by atoms with E-state index in [1.807, 2.05) is 54.6 Å². The molecule has 1 saturated carbocycles. The molecule has 5 heteroatoms. The Bertz CT molecular complexity index is 691. The van der Waals surface area contributed by atoms with Crippen molar-refractivity contribution >= 4 is 11.6 Å². The number of hydrogen-bond donors (Lipinski definition) is 2. The maximum absolute atomic E-state index is 5.99. The number of hydrogen-bond acceptors (Lipinski definition) is 3. The largest absolute Gasteiger partial charge is 0.457 e. The molecule has 0 radical (unpaired) electrons. The molecule has 0 saturated heterocycles. The molecular weight excluding hydrogens is 302 g/mol. The van der Waals surface area contributed by atoms with Crippen LogP contribution in [0.3, 0.4) is 0 Å². The Hall–Kier alpha value is -2.53. The normalized spacial score (nSPS) is 16.3. The number of nitrogens with two attached hydrogens (primary N) is 1. The van der Waals surface area contributed by atoms with Crippen LogP contribution in [0.5, 0.6) is 11.5 Å². The third-order valence-corrected chi connectivity index (χ3v) is 4.32. The van der Waals surface area contributed by atoms with Crippen LogP contribution in [-0.2, 0) is 4.74 Å². The average Bonchev–Trinajstić information content (AvgIpc) is 2.55. The van der Waals surface area contributed by atoms with Gasteiger partial charge in [0.25, 0.3) is 0 Å². The van der Waals surface area contributed by atoms with E-state index in [-0.39, 0.29) is 5.60 Å². The average molecular weight is 325 g/mol. The highest BCUT2D eigenvalue weighted by Gasteiger charge is 2.36. The van der Waals surface area contributed by atoms with Gasteiger partial charge >= 0.3 is 0 Å². The third kappa shape index (κ3) is 4.06. The first-order valence-electron chi connectivity index (χ1n) is 8.14. The predicted molar refractivity (Wildman–Crippen MR) is 96.7 cm³/mol. The van der Waals surface area contributed by atoms with Gasteiger partial charge in [0.15, 0.2) is 5.96 Å². The van der Waals surface area contributed by atoms with Gasteiger partial charge in [-0.05, 0) is 43.5 Å². The monoisotopic (exact) mass is 325 g/mol. The van der Waals surface area contributed by atoms with E-state index in [1.54, 1.807) is 7.11 Å². The molecule has 0 amide bonds. The van der Waals surface area contributed by atoms with E-state index in [0.717, 1.165) is 30.0 Å². The Morgan fingerprint density at radius 2 is 1.88 bits per heavy atom. The van der Waals surface area contributed by atoms with Crippen LogP contribution in [0.2, 0.25) is 0 Å². The number of rotatable bonds is 6. The minimum Gasteiger partial charge on any atom is -0.457 e. The first kappa shape index (κ1) is 16.3. The molecule has 1 aliphatic rings. The van der Waals surface area contributed by atoms with Crippen LogP contribution in [0.4, 0.5) is 5.69 Å². The van der Waals surface area contributed by atoms with Gasteiger partial charge in [-0.3, -0.25) is 4.99 Å². The fourth-order valence-corrected chi connectivity index (χ4v) is 2.68. The van der Waals surface area contributed by atoms with Gasteiger partial charge < -0.3 is 20.5 Å². The van der Waals surface area contributed by atoms with Gasteiger partial charge in [-0.1, -0.05) is 24.3 Å². The lowest BCUT2D eigenvalue weighted by molar-refractivity contribution is -0.0629. The van der Waals surface area contributed by atoms with Crippen LogP contribution < -0.4 is 15.8 Å². The van der Waals surface area contributed by atoms with Crippen LogP contribution in [0, 0.1) is 0 Å². The van der Waals surface area contributed by atoms with Crippen molar-refractivity contribution in [2.45, 2.75) is 24.9 Å². The summed E-state index contributed by atoms with van der Waals surface area (Å²) in [6.45, 7) is 0.586. The molecule has 3 rings (SSSR count). The molecule has 0 heterocycles. The van der Waals surface area contributed by atoms with E-state index in [2.05, 4.69) is 10.3 Å². The predicted octanol–water partition coefficient (Wildman–Crippen LogP) is 3.77. The molecule has 0 spiro atoms. The summed E-state index contributed by atoms with van der Waals surface area (Å²) in [5, 5.41) is 3.11. The number of anilines is 1. The highest BCUT2D eigenvalue weighted by Crippen LogP contribution is 2.35. The number of nitrogens with zero attached hydrogens (tertiary/aromatic N) is 1. The highest BCUT2D eigenvalue weighted by molar-refractivity contribution is 5.92. The van der Waals surface area contributed by atoms with Gasteiger partial charge in [-0.2, -0.15) is 0 Å². The zero-order valence-electron chi connectivity index (χ0n) is 13.9. The molecule has 126 valence electrons. The first-order chi connectivity index (χ1) is 11.7. The lowest BCUT2D eigenvalue weighted by atomic mass is 9.80. The molecule has 0 atom stereocenters. The van der Waals surface area contributed by atoms with Crippen molar-refractivity contribution < 1.29 is 9.47 Å². The number of guanidine groups is 1. The van der Waals surface area contributed by atoms with Gasteiger partial charge in [0, 0.05) is 18.9 Å². The Kier molecular flexibility index (Phi) is 5.01. The van der Waals surface area contributed by atoms with Crippen molar-refractivity contribution in [1.29, 1.82) is 0 Å². The minimum absolute atomic E-state index is 0.120. The maximum Gasteiger partial charge on any atom is 0.193 e. The van der Waals surface area contributed by atoms with Crippen LogP contribution in [0.15, 0.2) is 59.6 Å². The number of methoxy groups -OCH3 is 1. The quantitative estimate of drug-likeness (QED) is 0.626. The van der Waals surface area contributed by atoms with E-state index in [1.165, 1.54) is 6.42 Å². The summed E-state index contributed by atoms with van der Waals surface area (Å²) >= 11 is 0. The molecule has 2 aromatic rings. The molecule has 0 bridgehead atoms. The molecular formula is C19H23N3O2. The molecule has 0 unspecified atom stereocenters. The van der Waals surface area contributed by atoms with Crippen LogP contribution in [0.1, 0.15) is 19.3 Å². The Labute approximate surface area is 142 Å². The summed E-state index contributed by atoms with van der Waals surface area (Å²) in [5.41, 5.74) is 6.71. The number of para-hydroxylation sites is 1. The van der Waals surface area contributed by atoms with Crippen LogP contribution >= 0.6 is 0 Å². The fraction of sp³-hybridized carbons (Fsp3) is 0.316. The fourth-order valence-electron chi connectivity index (χ4n) is 2.68. The number of nitrogens with one attached hydrogen (secondary N) is 1. The van der Waals surface area contributed by atoms with Crippen molar-refractivity contribution in [3.8, 4) is 11.5 Å². The van der Waals surface area contributed by atoms with Crippen molar-refractivity contribution in [1.82, 2.24) is 0 Å². The number of ether oxygens (including phenoxy) is 2. The standard InChI is InChI=1S/C19H23N3O2/c1-23-19(11-6-12-19)14-21-18(20)22-15-7-5-10-17(13-15)24-16-8-3-2-4-9-16/h2-5,7-10,13H,6,11-12,14H2,1H3,(H3,20,21,22). The Balaban J connectivity index is 1.61. The number of aliphatic imine (C=N–C) groups is 1. The second-order valence-electron chi connectivity index (χ2n) is 6.01. The Morgan fingerprint density at radius 3 is 2.54 bits per heavy atom. The van der Waals surface area contributed by atoms with Crippen LogP contribution in [0.25, 0.3) is 0 Å². The van der Waals surface area contributed by atoms with Crippen molar-refractivity contribution in [3.63, 3.8) is 0 Å². The van der Waals surface area contributed by atoms with Gasteiger partial charge in [0.05, 0.1) is 12.1 Å². The zero-order chi connectivity index (χ0) is 16.8. The second-order valence-corrected chi connectivity index (χ2v) is 6.01. The van der Waals surface area contributed by atoms with E-state index >= 15 is 0 Å². The van der Waals surface area contributed by atoms with E-state index in [0.29, 0.717) is 12.5 Å². The molecule has 2 aromatic carbocycles. The lowest BCUT2D eigenvalue weighted by Crippen LogP contribution is -2.43. The minimum atomic E-state index is -0.120. The molecule has 1 fully saturated rings. The van der Waals surface area contributed by atoms with Gasteiger partial charge in [-0.25, -0.2) is 0 Å². The van der Waals surface area contributed by atoms with Crippen molar-refractivity contribution in [3.05, 3.63) is 54.6 Å². The summed E-state index contributed by atoms with van der Waals surface area (Å²) < 4.78 is 11.4. The summed E-state index contributed by atoms with van der Waals surface area (Å²) in [4.78, 5) is 4.42. The summed E-state index contributed by atoms with van der Waals surface area (Å²) in [6, 6.07) is 17.3. The number of benzene rings is 2. The summed E-state index contributed by atoms with van der Waals surface area (Å²) in [7, 11) is 1.74. The first-order valence-corrected chi connectivity index (χ1v) is 8.14. The Morgan fingerprint density at radius 1 is 1.12 bits per heavy atom. The summed E-state index contributed by atoms with van der Waals surface area (Å²) in [6.07, 6.45) is 3.27. The molecule has 3 N–H and O–H groups in total. The molecule has 1 aliphatic carbocycles. The molecule has 0 aromatic heterocycles.